The number of fused-ring (bicyclic) bond motifs is 2. The van der Waals surface area contributed by atoms with Gasteiger partial charge in [0.2, 0.25) is 0 Å². The summed E-state index contributed by atoms with van der Waals surface area (Å²) in [5.41, 5.74) is 3.87. The zero-order valence-corrected chi connectivity index (χ0v) is 19.9. The first-order chi connectivity index (χ1) is 15.9. The Hall–Kier alpha value is -2.86. The molecule has 0 radical (unpaired) electrons. The van der Waals surface area contributed by atoms with Crippen LogP contribution in [0.4, 0.5) is 0 Å². The minimum atomic E-state index is -0.174. The van der Waals surface area contributed by atoms with E-state index in [1.165, 1.54) is 0 Å². The second-order valence-corrected chi connectivity index (χ2v) is 9.48. The highest BCUT2D eigenvalue weighted by atomic mass is 16.5. The molecule has 0 spiro atoms. The van der Waals surface area contributed by atoms with Gasteiger partial charge in [-0.2, -0.15) is 0 Å². The van der Waals surface area contributed by atoms with Gasteiger partial charge in [0.05, 0.1) is 6.10 Å². The average molecular weight is 450 g/mol. The number of hydrogen-bond donors (Lipinski definition) is 2. The van der Waals surface area contributed by atoms with Crippen molar-refractivity contribution in [2.75, 3.05) is 14.1 Å². The quantitative estimate of drug-likeness (QED) is 0.697. The lowest BCUT2D eigenvalue weighted by Gasteiger charge is -2.33. The van der Waals surface area contributed by atoms with Crippen molar-refractivity contribution in [3.8, 4) is 5.75 Å². The van der Waals surface area contributed by atoms with Crippen molar-refractivity contribution in [2.24, 2.45) is 0 Å². The number of nitrogens with one attached hydrogen (secondary N) is 2. The highest BCUT2D eigenvalue weighted by Crippen LogP contribution is 2.30. The summed E-state index contributed by atoms with van der Waals surface area (Å²) in [6.07, 6.45) is 11.0. The summed E-state index contributed by atoms with van der Waals surface area (Å²) in [5, 5.41) is 2.98. The molecule has 4 rings (SSSR count). The third-order valence-electron chi connectivity index (χ3n) is 6.90. The Bertz CT molecular complexity index is 1080. The fraction of sp³-hybridized carbons (Fsp3) is 0.481. The van der Waals surface area contributed by atoms with Crippen LogP contribution in [-0.2, 0) is 19.4 Å². The van der Waals surface area contributed by atoms with Crippen LogP contribution in [0.15, 0.2) is 41.2 Å². The Balaban J connectivity index is 1.57. The smallest absolute Gasteiger partial charge is 0.253 e. The minimum Gasteiger partial charge on any atom is -0.490 e. The number of carbonyl (C=O) groups excluding carboxylic acids is 1. The van der Waals surface area contributed by atoms with Crippen LogP contribution in [-0.4, -0.2) is 42.0 Å². The van der Waals surface area contributed by atoms with Crippen molar-refractivity contribution in [2.45, 2.75) is 70.6 Å². The molecule has 1 fully saturated rings. The molecule has 6 heteroatoms. The molecule has 1 aliphatic carbocycles. The number of pyridine rings is 1. The standard InChI is InChI=1S/C27H35N3O3/c1-18-16-19-8-5-4-6-9-22-23(26(31)28-17-24(19)27(32)29-18)10-7-11-25(22)33-21-14-12-20(13-15-21)30(2)3/h4,6-7,10-11,16,20-21H,5,8-9,12-15,17H2,1-3H3,(H,28,31)(H,29,32). The molecule has 0 saturated heterocycles. The molecular formula is C27H35N3O3. The van der Waals surface area contributed by atoms with E-state index in [2.05, 4.69) is 41.4 Å². The first-order valence-electron chi connectivity index (χ1n) is 12.0. The van der Waals surface area contributed by atoms with Crippen molar-refractivity contribution < 1.29 is 9.53 Å². The van der Waals surface area contributed by atoms with Crippen molar-refractivity contribution in [3.05, 3.63) is 74.7 Å². The van der Waals surface area contributed by atoms with E-state index in [-0.39, 0.29) is 24.1 Å². The fourth-order valence-corrected chi connectivity index (χ4v) is 4.98. The third kappa shape index (κ3) is 5.56. The molecule has 6 nitrogen and oxygen atoms in total. The van der Waals surface area contributed by atoms with E-state index in [1.807, 2.05) is 31.2 Å². The zero-order chi connectivity index (χ0) is 23.4. The number of carbonyl (C=O) groups is 1. The Morgan fingerprint density at radius 2 is 1.82 bits per heavy atom. The number of H-pyrrole nitrogens is 1. The third-order valence-corrected chi connectivity index (χ3v) is 6.90. The molecule has 0 bridgehead atoms. The maximum absolute atomic E-state index is 13.2. The molecular weight excluding hydrogens is 414 g/mol. The Labute approximate surface area is 196 Å². The molecule has 1 saturated carbocycles. The predicted octanol–water partition coefficient (Wildman–Crippen LogP) is 3.91. The molecule has 2 aliphatic rings. The summed E-state index contributed by atoms with van der Waals surface area (Å²) in [6, 6.07) is 8.34. The Kier molecular flexibility index (Phi) is 7.33. The number of amides is 1. The van der Waals surface area contributed by atoms with Crippen LogP contribution in [0.25, 0.3) is 0 Å². The number of nitrogens with zero attached hydrogens (tertiary/aromatic N) is 1. The Morgan fingerprint density at radius 1 is 1.03 bits per heavy atom. The summed E-state index contributed by atoms with van der Waals surface area (Å²) >= 11 is 0. The normalized spacial score (nSPS) is 21.4. The van der Waals surface area contributed by atoms with E-state index >= 15 is 0 Å². The highest BCUT2D eigenvalue weighted by molar-refractivity contribution is 5.96. The van der Waals surface area contributed by atoms with Crippen LogP contribution in [0, 0.1) is 6.92 Å². The maximum Gasteiger partial charge on any atom is 0.253 e. The van der Waals surface area contributed by atoms with E-state index in [9.17, 15) is 9.59 Å². The number of aromatic nitrogens is 1. The second kappa shape index (κ2) is 10.4. The number of aryl methyl sites for hydroxylation is 2. The number of benzene rings is 1. The molecule has 2 N–H and O–H groups in total. The summed E-state index contributed by atoms with van der Waals surface area (Å²) in [7, 11) is 4.28. The monoisotopic (exact) mass is 449 g/mol. The van der Waals surface area contributed by atoms with Gasteiger partial charge in [0.15, 0.2) is 0 Å². The molecule has 176 valence electrons. The summed E-state index contributed by atoms with van der Waals surface area (Å²) < 4.78 is 6.46. The molecule has 0 unspecified atom stereocenters. The van der Waals surface area contributed by atoms with Crippen molar-refractivity contribution >= 4 is 5.91 Å². The van der Waals surface area contributed by atoms with Gasteiger partial charge in [0.1, 0.15) is 5.75 Å². The van der Waals surface area contributed by atoms with Crippen LogP contribution in [0.1, 0.15) is 64.8 Å². The van der Waals surface area contributed by atoms with Gasteiger partial charge < -0.3 is 19.9 Å². The van der Waals surface area contributed by atoms with Gasteiger partial charge in [-0.05, 0) is 89.7 Å². The van der Waals surface area contributed by atoms with E-state index in [0.717, 1.165) is 61.1 Å². The summed E-state index contributed by atoms with van der Waals surface area (Å²) in [4.78, 5) is 30.9. The topological polar surface area (TPSA) is 74.4 Å². The SMILES string of the molecule is Cc1cc2c(c(=O)[nH]1)CNC(=O)c1cccc(OC3CCC(N(C)C)CC3)c1CC=CCC2. The van der Waals surface area contributed by atoms with Gasteiger partial charge >= 0.3 is 0 Å². The van der Waals surface area contributed by atoms with Gasteiger partial charge in [-0.15, -0.1) is 0 Å². The number of aromatic amines is 1. The van der Waals surface area contributed by atoms with E-state index in [1.54, 1.807) is 0 Å². The molecule has 1 aromatic heterocycles. The van der Waals surface area contributed by atoms with Crippen molar-refractivity contribution in [1.29, 1.82) is 0 Å². The molecule has 2 heterocycles. The lowest BCUT2D eigenvalue weighted by molar-refractivity contribution is 0.0945. The molecule has 1 amide bonds. The van der Waals surface area contributed by atoms with E-state index in [0.29, 0.717) is 23.6 Å². The van der Waals surface area contributed by atoms with E-state index < -0.39 is 0 Å². The molecule has 1 aliphatic heterocycles. The molecule has 0 atom stereocenters. The summed E-state index contributed by atoms with van der Waals surface area (Å²) in [5.74, 6) is 0.623. The molecule has 2 aromatic rings. The number of ether oxygens (including phenoxy) is 1. The fourth-order valence-electron chi connectivity index (χ4n) is 4.98. The van der Waals surface area contributed by atoms with Crippen molar-refractivity contribution in [1.82, 2.24) is 15.2 Å². The van der Waals surface area contributed by atoms with Crippen LogP contribution in [0.3, 0.4) is 0 Å². The largest absolute Gasteiger partial charge is 0.490 e. The van der Waals surface area contributed by atoms with Gasteiger partial charge in [0.25, 0.3) is 11.5 Å². The first kappa shape index (κ1) is 23.3. The lowest BCUT2D eigenvalue weighted by Crippen LogP contribution is -2.35. The second-order valence-electron chi connectivity index (χ2n) is 9.48. The van der Waals surface area contributed by atoms with Gasteiger partial charge in [-0.1, -0.05) is 18.2 Å². The van der Waals surface area contributed by atoms with Gasteiger partial charge in [0, 0.05) is 35.0 Å². The number of rotatable bonds is 3. The highest BCUT2D eigenvalue weighted by Gasteiger charge is 2.25. The predicted molar refractivity (Wildman–Crippen MR) is 131 cm³/mol. The minimum absolute atomic E-state index is 0.128. The Morgan fingerprint density at radius 3 is 2.58 bits per heavy atom. The first-order valence-corrected chi connectivity index (χ1v) is 12.0. The summed E-state index contributed by atoms with van der Waals surface area (Å²) in [6.45, 7) is 2.10. The molecule has 1 aromatic carbocycles. The van der Waals surface area contributed by atoms with Crippen LogP contribution in [0.5, 0.6) is 5.75 Å². The van der Waals surface area contributed by atoms with Crippen LogP contribution < -0.4 is 15.6 Å². The zero-order valence-electron chi connectivity index (χ0n) is 19.9. The lowest BCUT2D eigenvalue weighted by atomic mass is 9.92. The number of allylic oxidation sites excluding steroid dienone is 2. The number of hydrogen-bond acceptors (Lipinski definition) is 4. The van der Waals surface area contributed by atoms with Gasteiger partial charge in [-0.25, -0.2) is 0 Å². The van der Waals surface area contributed by atoms with E-state index in [4.69, 9.17) is 4.74 Å². The van der Waals surface area contributed by atoms with Gasteiger partial charge in [-0.3, -0.25) is 9.59 Å². The molecule has 33 heavy (non-hydrogen) atoms. The van der Waals surface area contributed by atoms with Crippen molar-refractivity contribution in [3.63, 3.8) is 0 Å². The van der Waals surface area contributed by atoms with Crippen LogP contribution >= 0.6 is 0 Å². The average Bonchev–Trinajstić information content (AvgIpc) is 2.78. The maximum atomic E-state index is 13.2. The van der Waals surface area contributed by atoms with Crippen LogP contribution in [0.2, 0.25) is 0 Å².